The van der Waals surface area contributed by atoms with Gasteiger partial charge in [0.25, 0.3) is 5.91 Å². The van der Waals surface area contributed by atoms with Crippen molar-refractivity contribution in [3.63, 3.8) is 0 Å². The molecule has 0 unspecified atom stereocenters. The maximum absolute atomic E-state index is 13.3. The van der Waals surface area contributed by atoms with E-state index in [0.29, 0.717) is 6.61 Å². The zero-order valence-corrected chi connectivity index (χ0v) is 11.9. The second kappa shape index (κ2) is 7.81. The first-order chi connectivity index (χ1) is 9.50. The van der Waals surface area contributed by atoms with Crippen LogP contribution in [0.5, 0.6) is 5.75 Å². The van der Waals surface area contributed by atoms with Crippen molar-refractivity contribution in [1.82, 2.24) is 5.32 Å². The maximum atomic E-state index is 13.3. The minimum atomic E-state index is -0.609. The van der Waals surface area contributed by atoms with Crippen molar-refractivity contribution in [3.05, 3.63) is 30.1 Å². The van der Waals surface area contributed by atoms with Gasteiger partial charge in [-0.1, -0.05) is 12.1 Å². The van der Waals surface area contributed by atoms with E-state index in [0.717, 1.165) is 0 Å². The first-order valence-electron chi connectivity index (χ1n) is 6.19. The van der Waals surface area contributed by atoms with Crippen LogP contribution in [-0.2, 0) is 14.3 Å². The molecule has 1 amide bonds. The van der Waals surface area contributed by atoms with Gasteiger partial charge in [0.05, 0.1) is 6.61 Å². The third kappa shape index (κ3) is 5.14. The van der Waals surface area contributed by atoms with E-state index in [1.54, 1.807) is 26.4 Å². The van der Waals surface area contributed by atoms with E-state index >= 15 is 0 Å². The summed E-state index contributed by atoms with van der Waals surface area (Å²) in [6, 6.07) is 5.93. The van der Waals surface area contributed by atoms with Gasteiger partial charge in [-0.25, -0.2) is 4.39 Å². The average Bonchev–Trinajstić information content (AvgIpc) is 2.44. The van der Waals surface area contributed by atoms with Crippen molar-refractivity contribution < 1.29 is 23.4 Å². The molecule has 0 radical (unpaired) electrons. The monoisotopic (exact) mass is 285 g/mol. The number of carbonyl (C=O) groups is 1. The predicted molar refractivity (Wildman–Crippen MR) is 72.2 cm³/mol. The Bertz CT molecular complexity index is 441. The molecule has 1 N–H and O–H groups in total. The number of rotatable bonds is 8. The molecular weight excluding hydrogens is 265 g/mol. The van der Waals surface area contributed by atoms with Crippen LogP contribution < -0.4 is 10.1 Å². The molecule has 0 heterocycles. The van der Waals surface area contributed by atoms with Gasteiger partial charge in [-0.15, -0.1) is 0 Å². The van der Waals surface area contributed by atoms with Gasteiger partial charge < -0.3 is 19.5 Å². The highest BCUT2D eigenvalue weighted by atomic mass is 19.1. The maximum Gasteiger partial charge on any atom is 0.258 e. The summed E-state index contributed by atoms with van der Waals surface area (Å²) in [5.41, 5.74) is -0.609. The SMILES string of the molecule is COC[C@@](C)(CNC(=O)COc1ccccc1F)OC. The summed E-state index contributed by atoms with van der Waals surface area (Å²) in [7, 11) is 3.10. The second-order valence-electron chi connectivity index (χ2n) is 4.58. The van der Waals surface area contributed by atoms with Gasteiger partial charge >= 0.3 is 0 Å². The van der Waals surface area contributed by atoms with Crippen LogP contribution >= 0.6 is 0 Å². The normalized spacial score (nSPS) is 13.6. The van der Waals surface area contributed by atoms with Crippen LogP contribution in [0.25, 0.3) is 0 Å². The summed E-state index contributed by atoms with van der Waals surface area (Å²) in [6.07, 6.45) is 0. The fraction of sp³-hybridized carbons (Fsp3) is 0.500. The van der Waals surface area contributed by atoms with Crippen molar-refractivity contribution in [2.45, 2.75) is 12.5 Å². The predicted octanol–water partition coefficient (Wildman–Crippen LogP) is 1.37. The van der Waals surface area contributed by atoms with Crippen LogP contribution in [0.1, 0.15) is 6.92 Å². The number of benzene rings is 1. The number of ether oxygens (including phenoxy) is 3. The van der Waals surface area contributed by atoms with Crippen LogP contribution in [0.4, 0.5) is 4.39 Å². The third-order valence-electron chi connectivity index (χ3n) is 2.80. The minimum absolute atomic E-state index is 0.0500. The Labute approximate surface area is 118 Å². The van der Waals surface area contributed by atoms with E-state index in [1.807, 2.05) is 6.92 Å². The largest absolute Gasteiger partial charge is 0.481 e. The van der Waals surface area contributed by atoms with Crippen LogP contribution in [0.15, 0.2) is 24.3 Å². The molecule has 0 aliphatic rings. The number of methoxy groups -OCH3 is 2. The smallest absolute Gasteiger partial charge is 0.258 e. The molecule has 1 aromatic carbocycles. The number of carbonyl (C=O) groups excluding carboxylic acids is 1. The molecule has 6 heteroatoms. The zero-order valence-electron chi connectivity index (χ0n) is 11.9. The Kier molecular flexibility index (Phi) is 6.41. The Morgan fingerprint density at radius 1 is 1.35 bits per heavy atom. The highest BCUT2D eigenvalue weighted by Crippen LogP contribution is 2.15. The molecule has 1 aromatic rings. The summed E-state index contributed by atoms with van der Waals surface area (Å²) in [5.74, 6) is -0.803. The molecule has 0 saturated carbocycles. The molecular formula is C14H20FNO4. The lowest BCUT2D eigenvalue weighted by molar-refractivity contribution is -0.125. The lowest BCUT2D eigenvalue weighted by Crippen LogP contribution is -2.46. The summed E-state index contributed by atoms with van der Waals surface area (Å²) < 4.78 is 28.7. The number of hydrogen-bond donors (Lipinski definition) is 1. The van der Waals surface area contributed by atoms with Gasteiger partial charge in [0.15, 0.2) is 18.2 Å². The third-order valence-corrected chi connectivity index (χ3v) is 2.80. The lowest BCUT2D eigenvalue weighted by Gasteiger charge is -2.27. The van der Waals surface area contributed by atoms with E-state index < -0.39 is 11.4 Å². The van der Waals surface area contributed by atoms with Crippen LogP contribution in [-0.4, -0.2) is 45.5 Å². The summed E-state index contributed by atoms with van der Waals surface area (Å²) in [4.78, 5) is 11.6. The number of nitrogens with one attached hydrogen (secondary N) is 1. The van der Waals surface area contributed by atoms with Gasteiger partial charge in [-0.05, 0) is 19.1 Å². The van der Waals surface area contributed by atoms with E-state index in [2.05, 4.69) is 5.32 Å². The molecule has 0 fully saturated rings. The van der Waals surface area contributed by atoms with Crippen molar-refractivity contribution >= 4 is 5.91 Å². The molecule has 0 aliphatic carbocycles. The average molecular weight is 285 g/mol. The van der Waals surface area contributed by atoms with Gasteiger partial charge in [-0.3, -0.25) is 4.79 Å². The van der Waals surface area contributed by atoms with Crippen molar-refractivity contribution in [2.24, 2.45) is 0 Å². The summed E-state index contributed by atoms with van der Waals surface area (Å²) in [6.45, 7) is 2.18. The summed E-state index contributed by atoms with van der Waals surface area (Å²) in [5, 5.41) is 2.66. The van der Waals surface area contributed by atoms with Gasteiger partial charge in [-0.2, -0.15) is 0 Å². The van der Waals surface area contributed by atoms with E-state index in [4.69, 9.17) is 14.2 Å². The second-order valence-corrected chi connectivity index (χ2v) is 4.58. The van der Waals surface area contributed by atoms with Crippen LogP contribution in [0.2, 0.25) is 0 Å². The van der Waals surface area contributed by atoms with Crippen molar-refractivity contribution in [1.29, 1.82) is 0 Å². The van der Waals surface area contributed by atoms with Crippen molar-refractivity contribution in [2.75, 3.05) is 34.0 Å². The molecule has 1 rings (SSSR count). The molecule has 0 saturated heterocycles. The lowest BCUT2D eigenvalue weighted by atomic mass is 10.1. The number of amides is 1. The molecule has 0 bridgehead atoms. The molecule has 1 atom stereocenters. The molecule has 20 heavy (non-hydrogen) atoms. The Morgan fingerprint density at radius 2 is 2.05 bits per heavy atom. The first kappa shape index (κ1) is 16.4. The number of hydrogen-bond acceptors (Lipinski definition) is 4. The molecule has 112 valence electrons. The molecule has 0 spiro atoms. The van der Waals surface area contributed by atoms with E-state index in [1.165, 1.54) is 12.1 Å². The Hall–Kier alpha value is -1.66. The molecule has 0 aromatic heterocycles. The quantitative estimate of drug-likeness (QED) is 0.784. The molecule has 0 aliphatic heterocycles. The number of para-hydroxylation sites is 1. The highest BCUT2D eigenvalue weighted by molar-refractivity contribution is 5.77. The van der Waals surface area contributed by atoms with Gasteiger partial charge in [0.1, 0.15) is 5.60 Å². The highest BCUT2D eigenvalue weighted by Gasteiger charge is 2.24. The zero-order chi connectivity index (χ0) is 15.0. The Morgan fingerprint density at radius 3 is 2.65 bits per heavy atom. The van der Waals surface area contributed by atoms with Crippen LogP contribution in [0, 0.1) is 5.82 Å². The molecule has 5 nitrogen and oxygen atoms in total. The van der Waals surface area contributed by atoms with Gasteiger partial charge in [0.2, 0.25) is 0 Å². The van der Waals surface area contributed by atoms with E-state index in [-0.39, 0.29) is 24.8 Å². The van der Waals surface area contributed by atoms with Crippen LogP contribution in [0.3, 0.4) is 0 Å². The van der Waals surface area contributed by atoms with Gasteiger partial charge in [0, 0.05) is 20.8 Å². The Balaban J connectivity index is 2.39. The van der Waals surface area contributed by atoms with E-state index in [9.17, 15) is 9.18 Å². The minimum Gasteiger partial charge on any atom is -0.481 e. The number of halogens is 1. The fourth-order valence-electron chi connectivity index (χ4n) is 1.53. The summed E-state index contributed by atoms with van der Waals surface area (Å²) >= 11 is 0. The topological polar surface area (TPSA) is 56.8 Å². The first-order valence-corrected chi connectivity index (χ1v) is 6.19. The standard InChI is InChI=1S/C14H20FNO4/c1-14(19-3,10-18-2)9-16-13(17)8-20-12-7-5-4-6-11(12)15/h4-7H,8-10H2,1-3H3,(H,16,17)/t14-/m1/s1. The van der Waals surface area contributed by atoms with Crippen molar-refractivity contribution in [3.8, 4) is 5.75 Å². The fourth-order valence-corrected chi connectivity index (χ4v) is 1.53.